The van der Waals surface area contributed by atoms with Crippen molar-refractivity contribution in [2.24, 2.45) is 0 Å². The molecule has 0 atom stereocenters. The molecule has 1 aromatic carbocycles. The number of hydrogen-bond acceptors (Lipinski definition) is 4. The average molecular weight is 257 g/mol. The van der Waals surface area contributed by atoms with Crippen molar-refractivity contribution in [2.45, 2.75) is 6.42 Å². The summed E-state index contributed by atoms with van der Waals surface area (Å²) in [6.45, 7) is 0.888. The van der Waals surface area contributed by atoms with Crippen molar-refractivity contribution in [3.8, 4) is 6.07 Å². The van der Waals surface area contributed by atoms with E-state index >= 15 is 0 Å². The first-order valence-electron chi connectivity index (χ1n) is 5.74. The van der Waals surface area contributed by atoms with Crippen LogP contribution in [-0.2, 0) is 6.42 Å². The van der Waals surface area contributed by atoms with Crippen LogP contribution in [0.3, 0.4) is 0 Å². The van der Waals surface area contributed by atoms with Crippen molar-refractivity contribution < 1.29 is 0 Å². The van der Waals surface area contributed by atoms with Crippen molar-refractivity contribution >= 4 is 22.7 Å². The van der Waals surface area contributed by atoms with Gasteiger partial charge in [-0.05, 0) is 30.0 Å². The molecule has 0 saturated heterocycles. The minimum Gasteiger partial charge on any atom is -0.396 e. The predicted octanol–water partition coefficient (Wildman–Crippen LogP) is 2.88. The first kappa shape index (κ1) is 12.5. The number of benzene rings is 1. The van der Waals surface area contributed by atoms with Crippen LogP contribution in [0, 0.1) is 11.3 Å². The van der Waals surface area contributed by atoms with Gasteiger partial charge in [0.1, 0.15) is 6.07 Å². The Morgan fingerprint density at radius 2 is 2.17 bits per heavy atom. The van der Waals surface area contributed by atoms with Gasteiger partial charge in [-0.3, -0.25) is 0 Å². The number of nitrogens with two attached hydrogens (primary N) is 1. The van der Waals surface area contributed by atoms with E-state index in [2.05, 4.69) is 28.5 Å². The summed E-state index contributed by atoms with van der Waals surface area (Å²) in [7, 11) is 2.00. The van der Waals surface area contributed by atoms with E-state index in [1.807, 2.05) is 19.2 Å². The summed E-state index contributed by atoms with van der Waals surface area (Å²) in [4.78, 5) is 3.45. The third-order valence-corrected chi connectivity index (χ3v) is 3.82. The summed E-state index contributed by atoms with van der Waals surface area (Å²) in [6, 6.07) is 11.9. The van der Waals surface area contributed by atoms with E-state index < -0.39 is 0 Å². The molecule has 1 aromatic heterocycles. The summed E-state index contributed by atoms with van der Waals surface area (Å²) < 4.78 is 0. The van der Waals surface area contributed by atoms with Crippen molar-refractivity contribution in [3.05, 3.63) is 46.2 Å². The van der Waals surface area contributed by atoms with E-state index in [0.29, 0.717) is 11.3 Å². The summed E-state index contributed by atoms with van der Waals surface area (Å²) in [5, 5.41) is 11.0. The molecular formula is C14H15N3S. The van der Waals surface area contributed by atoms with Gasteiger partial charge < -0.3 is 10.6 Å². The van der Waals surface area contributed by atoms with Crippen LogP contribution in [0.1, 0.15) is 10.4 Å². The molecule has 0 saturated carbocycles. The molecule has 1 heterocycles. The second-order valence-electron chi connectivity index (χ2n) is 4.10. The lowest BCUT2D eigenvalue weighted by molar-refractivity contribution is 0.888. The second kappa shape index (κ2) is 5.56. The van der Waals surface area contributed by atoms with E-state index in [0.717, 1.165) is 18.7 Å². The maximum absolute atomic E-state index is 8.96. The van der Waals surface area contributed by atoms with Crippen LogP contribution in [0.15, 0.2) is 35.7 Å². The van der Waals surface area contributed by atoms with E-state index in [1.54, 1.807) is 17.4 Å². The van der Waals surface area contributed by atoms with Crippen LogP contribution < -0.4 is 10.6 Å². The number of anilines is 2. The maximum Gasteiger partial charge on any atom is 0.101 e. The Bertz CT molecular complexity index is 555. The zero-order valence-electron chi connectivity index (χ0n) is 10.3. The fraction of sp³-hybridized carbons (Fsp3) is 0.214. The Morgan fingerprint density at radius 3 is 2.83 bits per heavy atom. The largest absolute Gasteiger partial charge is 0.396 e. The molecule has 0 fully saturated rings. The van der Waals surface area contributed by atoms with E-state index in [1.165, 1.54) is 4.88 Å². The zero-order chi connectivity index (χ0) is 13.0. The first-order valence-corrected chi connectivity index (χ1v) is 6.62. The number of likely N-dealkylation sites (N-methyl/N-ethyl adjacent to an activating group) is 1. The Kier molecular flexibility index (Phi) is 3.85. The van der Waals surface area contributed by atoms with Gasteiger partial charge in [-0.15, -0.1) is 11.3 Å². The van der Waals surface area contributed by atoms with Crippen molar-refractivity contribution in [2.75, 3.05) is 24.2 Å². The van der Waals surface area contributed by atoms with Crippen molar-refractivity contribution in [1.29, 1.82) is 5.26 Å². The molecule has 0 spiro atoms. The third-order valence-electron chi connectivity index (χ3n) is 2.89. The van der Waals surface area contributed by atoms with Gasteiger partial charge in [0, 0.05) is 18.5 Å². The Hall–Kier alpha value is -1.99. The molecule has 2 rings (SSSR count). The highest BCUT2D eigenvalue weighted by Gasteiger charge is 2.08. The number of nitrogens with zero attached hydrogens (tertiary/aromatic N) is 2. The number of para-hydroxylation sites is 1. The highest BCUT2D eigenvalue weighted by atomic mass is 32.1. The lowest BCUT2D eigenvalue weighted by atomic mass is 10.1. The van der Waals surface area contributed by atoms with Crippen LogP contribution in [-0.4, -0.2) is 13.6 Å². The molecule has 0 unspecified atom stereocenters. The lowest BCUT2D eigenvalue weighted by Crippen LogP contribution is -2.21. The molecule has 92 valence electrons. The number of rotatable bonds is 4. The van der Waals surface area contributed by atoms with E-state index in [-0.39, 0.29) is 0 Å². The van der Waals surface area contributed by atoms with Gasteiger partial charge in [0.2, 0.25) is 0 Å². The lowest BCUT2D eigenvalue weighted by Gasteiger charge is -2.21. The van der Waals surface area contributed by atoms with Crippen LogP contribution in [0.2, 0.25) is 0 Å². The highest BCUT2D eigenvalue weighted by molar-refractivity contribution is 7.09. The van der Waals surface area contributed by atoms with Gasteiger partial charge in [0.15, 0.2) is 0 Å². The van der Waals surface area contributed by atoms with E-state index in [4.69, 9.17) is 11.0 Å². The Labute approximate surface area is 111 Å². The fourth-order valence-electron chi connectivity index (χ4n) is 1.84. The van der Waals surface area contributed by atoms with Crippen LogP contribution in [0.4, 0.5) is 11.4 Å². The van der Waals surface area contributed by atoms with Gasteiger partial charge in [0.25, 0.3) is 0 Å². The number of hydrogen-bond donors (Lipinski definition) is 1. The summed E-state index contributed by atoms with van der Waals surface area (Å²) in [5.41, 5.74) is 8.01. The quantitative estimate of drug-likeness (QED) is 0.857. The standard InChI is InChI=1S/C14H15N3S/c1-17(8-7-12-5-3-9-18-12)13-6-2-4-11(10-15)14(13)16/h2-6,9H,7-8,16H2,1H3. The van der Waals surface area contributed by atoms with Crippen LogP contribution in [0.25, 0.3) is 0 Å². The average Bonchev–Trinajstić information content (AvgIpc) is 2.89. The first-order chi connectivity index (χ1) is 8.72. The minimum atomic E-state index is 0.537. The van der Waals surface area contributed by atoms with Crippen molar-refractivity contribution in [1.82, 2.24) is 0 Å². The molecule has 4 heteroatoms. The van der Waals surface area contributed by atoms with Gasteiger partial charge in [-0.1, -0.05) is 12.1 Å². The highest BCUT2D eigenvalue weighted by Crippen LogP contribution is 2.25. The molecule has 2 N–H and O–H groups in total. The normalized spacial score (nSPS) is 10.0. The summed E-state index contributed by atoms with van der Waals surface area (Å²) in [6.07, 6.45) is 0.990. The minimum absolute atomic E-state index is 0.537. The van der Waals surface area contributed by atoms with Crippen molar-refractivity contribution in [3.63, 3.8) is 0 Å². The van der Waals surface area contributed by atoms with Gasteiger partial charge in [-0.2, -0.15) is 5.26 Å². The monoisotopic (exact) mass is 257 g/mol. The fourth-order valence-corrected chi connectivity index (χ4v) is 2.53. The molecule has 2 aromatic rings. The molecule has 3 nitrogen and oxygen atoms in total. The Balaban J connectivity index is 2.09. The van der Waals surface area contributed by atoms with Gasteiger partial charge in [-0.25, -0.2) is 0 Å². The second-order valence-corrected chi connectivity index (χ2v) is 5.13. The molecule has 18 heavy (non-hydrogen) atoms. The maximum atomic E-state index is 8.96. The predicted molar refractivity (Wildman–Crippen MR) is 76.9 cm³/mol. The molecular weight excluding hydrogens is 242 g/mol. The third kappa shape index (κ3) is 2.63. The number of nitrogen functional groups attached to an aromatic ring is 1. The van der Waals surface area contributed by atoms with Crippen LogP contribution >= 0.6 is 11.3 Å². The molecule has 0 aliphatic rings. The number of nitriles is 1. The van der Waals surface area contributed by atoms with E-state index in [9.17, 15) is 0 Å². The summed E-state index contributed by atoms with van der Waals surface area (Å²) >= 11 is 1.76. The van der Waals surface area contributed by atoms with Crippen LogP contribution in [0.5, 0.6) is 0 Å². The molecule has 0 aliphatic carbocycles. The molecule has 0 bridgehead atoms. The molecule has 0 radical (unpaired) electrons. The zero-order valence-corrected chi connectivity index (χ0v) is 11.1. The molecule has 0 aliphatic heterocycles. The number of thiophene rings is 1. The summed E-state index contributed by atoms with van der Waals surface area (Å²) in [5.74, 6) is 0. The topological polar surface area (TPSA) is 53.0 Å². The Morgan fingerprint density at radius 1 is 1.33 bits per heavy atom. The van der Waals surface area contributed by atoms with Gasteiger partial charge >= 0.3 is 0 Å². The molecule has 0 amide bonds. The smallest absolute Gasteiger partial charge is 0.101 e. The van der Waals surface area contributed by atoms with Gasteiger partial charge in [0.05, 0.1) is 16.9 Å². The SMILES string of the molecule is CN(CCc1cccs1)c1cccc(C#N)c1N.